The van der Waals surface area contributed by atoms with Gasteiger partial charge in [-0.1, -0.05) is 147 Å². The number of hydrogen-bond acceptors (Lipinski definition) is 4. The summed E-state index contributed by atoms with van der Waals surface area (Å²) in [6.45, 7) is 4.68. The van der Waals surface area contributed by atoms with Gasteiger partial charge >= 0.3 is 0 Å². The van der Waals surface area contributed by atoms with Crippen molar-refractivity contribution in [3.8, 4) is 67.5 Å². The van der Waals surface area contributed by atoms with Crippen molar-refractivity contribution in [1.29, 1.82) is 0 Å². The Bertz CT molecular complexity index is 2490. The third-order valence-electron chi connectivity index (χ3n) is 9.85. The number of aromatic nitrogens is 4. The van der Waals surface area contributed by atoms with Gasteiger partial charge in [-0.25, -0.2) is 15.0 Å². The van der Waals surface area contributed by atoms with Gasteiger partial charge in [0.15, 0.2) is 17.5 Å². The number of hydrogen-bond donors (Lipinski definition) is 0. The number of fused-ring (bicyclic) bond motifs is 5. The zero-order valence-corrected chi connectivity index (χ0v) is 27.3. The zero-order valence-electron chi connectivity index (χ0n) is 27.3. The number of pyridine rings is 1. The van der Waals surface area contributed by atoms with Crippen LogP contribution in [0.1, 0.15) is 25.0 Å². The molecule has 0 amide bonds. The van der Waals surface area contributed by atoms with Crippen molar-refractivity contribution in [1.82, 2.24) is 19.9 Å². The maximum absolute atomic E-state index is 4.98. The van der Waals surface area contributed by atoms with Crippen LogP contribution in [-0.4, -0.2) is 19.9 Å². The van der Waals surface area contributed by atoms with Crippen LogP contribution in [0.2, 0.25) is 0 Å². The first-order chi connectivity index (χ1) is 24.0. The zero-order chi connectivity index (χ0) is 33.0. The van der Waals surface area contributed by atoms with Crippen molar-refractivity contribution in [2.45, 2.75) is 19.3 Å². The highest BCUT2D eigenvalue weighted by atomic mass is 15.0. The van der Waals surface area contributed by atoms with Gasteiger partial charge in [0.05, 0.1) is 0 Å². The van der Waals surface area contributed by atoms with E-state index in [9.17, 15) is 0 Å². The lowest BCUT2D eigenvalue weighted by molar-refractivity contribution is 0.661. The number of benzene rings is 6. The summed E-state index contributed by atoms with van der Waals surface area (Å²) in [4.78, 5) is 19.1. The van der Waals surface area contributed by atoms with Crippen molar-refractivity contribution >= 4 is 10.8 Å². The highest BCUT2D eigenvalue weighted by Crippen LogP contribution is 2.52. The molecule has 6 aromatic carbocycles. The maximum Gasteiger partial charge on any atom is 0.164 e. The average molecular weight is 629 g/mol. The smallest absolute Gasteiger partial charge is 0.164 e. The molecule has 4 nitrogen and oxygen atoms in total. The third-order valence-corrected chi connectivity index (χ3v) is 9.85. The topological polar surface area (TPSA) is 51.6 Å². The van der Waals surface area contributed by atoms with E-state index in [0.717, 1.165) is 33.4 Å². The molecule has 0 aliphatic heterocycles. The summed E-state index contributed by atoms with van der Waals surface area (Å²) in [6, 6.07) is 51.2. The van der Waals surface area contributed by atoms with E-state index in [1.165, 1.54) is 38.6 Å². The normalized spacial score (nSPS) is 12.9. The summed E-state index contributed by atoms with van der Waals surface area (Å²) in [6.07, 6.45) is 3.66. The first kappa shape index (κ1) is 28.9. The van der Waals surface area contributed by atoms with Gasteiger partial charge in [0.1, 0.15) is 0 Å². The lowest BCUT2D eigenvalue weighted by Crippen LogP contribution is -2.15. The van der Waals surface area contributed by atoms with Gasteiger partial charge < -0.3 is 0 Å². The lowest BCUT2D eigenvalue weighted by atomic mass is 9.81. The Morgan fingerprint density at radius 3 is 1.63 bits per heavy atom. The number of rotatable bonds is 5. The van der Waals surface area contributed by atoms with Crippen LogP contribution >= 0.6 is 0 Å². The summed E-state index contributed by atoms with van der Waals surface area (Å²) in [5, 5.41) is 2.60. The molecule has 0 bridgehead atoms. The molecule has 4 heteroatoms. The molecular formula is C45H32N4. The van der Waals surface area contributed by atoms with E-state index in [-0.39, 0.29) is 5.41 Å². The molecule has 0 spiro atoms. The quantitative estimate of drug-likeness (QED) is 0.190. The SMILES string of the molecule is CC1(C)c2cc(-c3ccc(-c4nc(-c5ccccc5)nc(-c5ccc(-c6cccnc6)cc5)n4)cc3)ccc2-c2c1ccc1ccccc21. The molecule has 0 atom stereocenters. The van der Waals surface area contributed by atoms with Gasteiger partial charge in [-0.2, -0.15) is 0 Å². The van der Waals surface area contributed by atoms with Crippen LogP contribution in [0.15, 0.2) is 158 Å². The standard InChI is InChI=1S/C45H32N4/c1-45(2)39-25-23-31-9-6-7-13-37(31)41(39)38-24-22-35(27-40(38)45)29-14-18-33(19-15-29)43-47-42(32-10-4-3-5-11-32)48-44(49-43)34-20-16-30(17-21-34)36-12-8-26-46-28-36/h3-28H,1-2H3. The van der Waals surface area contributed by atoms with Gasteiger partial charge in [0.25, 0.3) is 0 Å². The van der Waals surface area contributed by atoms with Crippen LogP contribution in [0.3, 0.4) is 0 Å². The average Bonchev–Trinajstić information content (AvgIpc) is 3.41. The maximum atomic E-state index is 4.98. The molecule has 0 fully saturated rings. The van der Waals surface area contributed by atoms with Crippen molar-refractivity contribution in [2.75, 3.05) is 0 Å². The van der Waals surface area contributed by atoms with Crippen molar-refractivity contribution in [2.24, 2.45) is 0 Å². The van der Waals surface area contributed by atoms with Gasteiger partial charge in [0.2, 0.25) is 0 Å². The minimum Gasteiger partial charge on any atom is -0.264 e. The fourth-order valence-corrected chi connectivity index (χ4v) is 7.19. The summed E-state index contributed by atoms with van der Waals surface area (Å²) in [7, 11) is 0. The molecule has 232 valence electrons. The molecule has 9 rings (SSSR count). The molecular weight excluding hydrogens is 597 g/mol. The summed E-state index contributed by atoms with van der Waals surface area (Å²) in [5.74, 6) is 1.93. The Balaban J connectivity index is 1.08. The van der Waals surface area contributed by atoms with Crippen molar-refractivity contribution < 1.29 is 0 Å². The Kier molecular flexibility index (Phi) is 6.77. The Hall–Kier alpha value is -6.26. The van der Waals surface area contributed by atoms with Crippen LogP contribution in [0.25, 0.3) is 78.3 Å². The Labute approximate surface area is 285 Å². The van der Waals surface area contributed by atoms with E-state index in [0.29, 0.717) is 17.5 Å². The van der Waals surface area contributed by atoms with E-state index in [1.807, 2.05) is 42.6 Å². The van der Waals surface area contributed by atoms with Crippen LogP contribution in [-0.2, 0) is 5.41 Å². The van der Waals surface area contributed by atoms with E-state index >= 15 is 0 Å². The monoisotopic (exact) mass is 628 g/mol. The third kappa shape index (κ3) is 5.01. The summed E-state index contributed by atoms with van der Waals surface area (Å²) in [5.41, 5.74) is 12.7. The lowest BCUT2D eigenvalue weighted by Gasteiger charge is -2.22. The molecule has 0 saturated heterocycles. The minimum atomic E-state index is -0.0873. The minimum absolute atomic E-state index is 0.0873. The van der Waals surface area contributed by atoms with E-state index in [4.69, 9.17) is 15.0 Å². The van der Waals surface area contributed by atoms with Gasteiger partial charge in [0, 0.05) is 34.5 Å². The van der Waals surface area contributed by atoms with Gasteiger partial charge in [-0.05, 0) is 67.4 Å². The highest BCUT2D eigenvalue weighted by molar-refractivity contribution is 6.02. The predicted molar refractivity (Wildman–Crippen MR) is 200 cm³/mol. The molecule has 1 aliphatic rings. The van der Waals surface area contributed by atoms with Crippen LogP contribution in [0, 0.1) is 0 Å². The fourth-order valence-electron chi connectivity index (χ4n) is 7.19. The second-order valence-electron chi connectivity index (χ2n) is 13.2. The van der Waals surface area contributed by atoms with E-state index < -0.39 is 0 Å². The van der Waals surface area contributed by atoms with Gasteiger partial charge in [-0.15, -0.1) is 0 Å². The van der Waals surface area contributed by atoms with Crippen LogP contribution in [0.4, 0.5) is 0 Å². The Morgan fingerprint density at radius 1 is 0.429 bits per heavy atom. The molecule has 8 aromatic rings. The molecule has 0 N–H and O–H groups in total. The Morgan fingerprint density at radius 2 is 0.980 bits per heavy atom. The molecule has 2 heterocycles. The van der Waals surface area contributed by atoms with Gasteiger partial charge in [-0.3, -0.25) is 4.98 Å². The summed E-state index contributed by atoms with van der Waals surface area (Å²) >= 11 is 0. The fraction of sp³-hybridized carbons (Fsp3) is 0.0667. The van der Waals surface area contributed by atoms with Crippen LogP contribution < -0.4 is 0 Å². The number of nitrogens with zero attached hydrogens (tertiary/aromatic N) is 4. The van der Waals surface area contributed by atoms with Crippen LogP contribution in [0.5, 0.6) is 0 Å². The van der Waals surface area contributed by atoms with Crippen molar-refractivity contribution in [3.63, 3.8) is 0 Å². The molecule has 0 radical (unpaired) electrons. The second kappa shape index (κ2) is 11.5. The van der Waals surface area contributed by atoms with Crippen molar-refractivity contribution in [3.05, 3.63) is 169 Å². The molecule has 2 aromatic heterocycles. The molecule has 49 heavy (non-hydrogen) atoms. The molecule has 1 aliphatic carbocycles. The predicted octanol–water partition coefficient (Wildman–Crippen LogP) is 11.1. The second-order valence-corrected chi connectivity index (χ2v) is 13.2. The van der Waals surface area contributed by atoms with E-state index in [2.05, 4.69) is 128 Å². The molecule has 0 saturated carbocycles. The first-order valence-electron chi connectivity index (χ1n) is 16.6. The first-order valence-corrected chi connectivity index (χ1v) is 16.6. The largest absolute Gasteiger partial charge is 0.264 e. The summed E-state index contributed by atoms with van der Waals surface area (Å²) < 4.78 is 0. The molecule has 0 unspecified atom stereocenters. The van der Waals surface area contributed by atoms with E-state index in [1.54, 1.807) is 6.20 Å². The highest BCUT2D eigenvalue weighted by Gasteiger charge is 2.36.